The lowest BCUT2D eigenvalue weighted by atomic mass is 10.0. The summed E-state index contributed by atoms with van der Waals surface area (Å²) in [4.78, 5) is 0. The molecule has 0 fully saturated rings. The van der Waals surface area contributed by atoms with Crippen LogP contribution in [0.25, 0.3) is 0 Å². The lowest BCUT2D eigenvalue weighted by molar-refractivity contribution is 0.742. The second-order valence-corrected chi connectivity index (χ2v) is 3.32. The van der Waals surface area contributed by atoms with E-state index in [2.05, 4.69) is 6.58 Å². The molecular weight excluding hydrogens is 184 g/mol. The number of nitrogen functional groups attached to an aromatic ring is 1. The quantitative estimate of drug-likeness (QED) is 0.577. The van der Waals surface area contributed by atoms with Crippen LogP contribution in [0, 0.1) is 0 Å². The Labute approximate surface area is 83.2 Å². The maximum atomic E-state index is 5.85. The smallest absolute Gasteiger partial charge is 0.0638 e. The predicted octanol–water partition coefficient (Wildman–Crippen LogP) is 2.50. The first kappa shape index (κ1) is 10.1. The van der Waals surface area contributed by atoms with Gasteiger partial charge in [-0.2, -0.15) is 0 Å². The minimum atomic E-state index is -0.0457. The summed E-state index contributed by atoms with van der Waals surface area (Å²) in [7, 11) is 0. The van der Waals surface area contributed by atoms with Gasteiger partial charge in [-0.05, 0) is 24.1 Å². The van der Waals surface area contributed by atoms with Crippen LogP contribution in [0.2, 0.25) is 5.02 Å². The summed E-state index contributed by atoms with van der Waals surface area (Å²) in [5.74, 6) is 0. The fourth-order valence-electron chi connectivity index (χ4n) is 1.09. The molecule has 1 atom stereocenters. The van der Waals surface area contributed by atoms with Crippen LogP contribution in [0.4, 0.5) is 5.69 Å². The van der Waals surface area contributed by atoms with Crippen molar-refractivity contribution in [3.8, 4) is 0 Å². The van der Waals surface area contributed by atoms with E-state index >= 15 is 0 Å². The molecule has 0 spiro atoms. The molecule has 0 saturated carbocycles. The summed E-state index contributed by atoms with van der Waals surface area (Å²) in [6.07, 6.45) is 2.52. The highest BCUT2D eigenvalue weighted by Crippen LogP contribution is 2.23. The number of hydrogen-bond donors (Lipinski definition) is 2. The third-order valence-corrected chi connectivity index (χ3v) is 2.20. The van der Waals surface area contributed by atoms with E-state index in [4.69, 9.17) is 23.1 Å². The van der Waals surface area contributed by atoms with E-state index in [1.807, 2.05) is 6.07 Å². The standard InChI is InChI=1S/C10H13ClN2/c1-2-3-9(12)7-4-5-10(13)8(11)6-7/h2,4-6,9H,1,3,12-13H2/t9-/m0/s1. The fraction of sp³-hybridized carbons (Fsp3) is 0.200. The molecule has 0 heterocycles. The van der Waals surface area contributed by atoms with Crippen molar-refractivity contribution in [2.24, 2.45) is 5.73 Å². The van der Waals surface area contributed by atoms with E-state index in [1.54, 1.807) is 18.2 Å². The van der Waals surface area contributed by atoms with Gasteiger partial charge in [-0.15, -0.1) is 6.58 Å². The number of hydrogen-bond acceptors (Lipinski definition) is 2. The maximum Gasteiger partial charge on any atom is 0.0638 e. The van der Waals surface area contributed by atoms with Crippen molar-refractivity contribution in [1.82, 2.24) is 0 Å². The average molecular weight is 197 g/mol. The van der Waals surface area contributed by atoms with Gasteiger partial charge in [0.2, 0.25) is 0 Å². The molecule has 0 bridgehead atoms. The van der Waals surface area contributed by atoms with E-state index in [0.717, 1.165) is 12.0 Å². The normalized spacial score (nSPS) is 12.5. The molecule has 0 aliphatic carbocycles. The largest absolute Gasteiger partial charge is 0.398 e. The Hall–Kier alpha value is -0.990. The Morgan fingerprint density at radius 2 is 2.23 bits per heavy atom. The van der Waals surface area contributed by atoms with Gasteiger partial charge in [0.15, 0.2) is 0 Å². The van der Waals surface area contributed by atoms with Gasteiger partial charge in [-0.1, -0.05) is 23.7 Å². The highest BCUT2D eigenvalue weighted by atomic mass is 35.5. The summed E-state index contributed by atoms with van der Waals surface area (Å²) in [5, 5.41) is 0.553. The summed E-state index contributed by atoms with van der Waals surface area (Å²) in [6.45, 7) is 3.63. The highest BCUT2D eigenvalue weighted by Gasteiger charge is 2.05. The van der Waals surface area contributed by atoms with Crippen LogP contribution in [-0.2, 0) is 0 Å². The molecule has 1 aromatic rings. The van der Waals surface area contributed by atoms with E-state index in [1.165, 1.54) is 0 Å². The molecule has 4 N–H and O–H groups in total. The second kappa shape index (κ2) is 4.30. The van der Waals surface area contributed by atoms with Gasteiger partial charge in [0.1, 0.15) is 0 Å². The minimum Gasteiger partial charge on any atom is -0.398 e. The Bertz CT molecular complexity index is 310. The van der Waals surface area contributed by atoms with Gasteiger partial charge in [-0.3, -0.25) is 0 Å². The van der Waals surface area contributed by atoms with Crippen molar-refractivity contribution in [2.75, 3.05) is 5.73 Å². The van der Waals surface area contributed by atoms with Crippen molar-refractivity contribution in [3.63, 3.8) is 0 Å². The molecule has 13 heavy (non-hydrogen) atoms. The monoisotopic (exact) mass is 196 g/mol. The van der Waals surface area contributed by atoms with Crippen LogP contribution in [0.1, 0.15) is 18.0 Å². The zero-order valence-electron chi connectivity index (χ0n) is 7.33. The molecular formula is C10H13ClN2. The third kappa shape index (κ3) is 2.47. The van der Waals surface area contributed by atoms with Crippen molar-refractivity contribution >= 4 is 17.3 Å². The lowest BCUT2D eigenvalue weighted by Gasteiger charge is -2.10. The van der Waals surface area contributed by atoms with Gasteiger partial charge in [0, 0.05) is 6.04 Å². The summed E-state index contributed by atoms with van der Waals surface area (Å²) >= 11 is 5.85. The van der Waals surface area contributed by atoms with Gasteiger partial charge in [0.05, 0.1) is 10.7 Å². The van der Waals surface area contributed by atoms with Gasteiger partial charge >= 0.3 is 0 Å². The van der Waals surface area contributed by atoms with Crippen molar-refractivity contribution in [1.29, 1.82) is 0 Å². The molecule has 3 heteroatoms. The van der Waals surface area contributed by atoms with Crippen molar-refractivity contribution < 1.29 is 0 Å². The van der Waals surface area contributed by atoms with Crippen molar-refractivity contribution in [2.45, 2.75) is 12.5 Å². The average Bonchev–Trinajstić information content (AvgIpc) is 2.10. The SMILES string of the molecule is C=CC[C@H](N)c1ccc(N)c(Cl)c1. The first-order valence-electron chi connectivity index (χ1n) is 4.06. The number of rotatable bonds is 3. The van der Waals surface area contributed by atoms with E-state index in [9.17, 15) is 0 Å². The molecule has 1 rings (SSSR count). The van der Waals surface area contributed by atoms with E-state index in [0.29, 0.717) is 10.7 Å². The summed E-state index contributed by atoms with van der Waals surface area (Å²) < 4.78 is 0. The topological polar surface area (TPSA) is 52.0 Å². The number of nitrogens with two attached hydrogens (primary N) is 2. The van der Waals surface area contributed by atoms with Crippen LogP contribution in [0.5, 0.6) is 0 Å². The highest BCUT2D eigenvalue weighted by molar-refractivity contribution is 6.33. The predicted molar refractivity (Wildman–Crippen MR) is 57.6 cm³/mol. The van der Waals surface area contributed by atoms with Crippen LogP contribution >= 0.6 is 11.6 Å². The molecule has 0 saturated heterocycles. The molecule has 2 nitrogen and oxygen atoms in total. The second-order valence-electron chi connectivity index (χ2n) is 2.91. The first-order chi connectivity index (χ1) is 6.15. The summed E-state index contributed by atoms with van der Waals surface area (Å²) in [6, 6.07) is 5.40. The van der Waals surface area contributed by atoms with E-state index in [-0.39, 0.29) is 6.04 Å². The molecule has 0 unspecified atom stereocenters. The molecule has 70 valence electrons. The minimum absolute atomic E-state index is 0.0457. The maximum absolute atomic E-state index is 5.85. The molecule has 0 radical (unpaired) electrons. The van der Waals surface area contributed by atoms with Gasteiger partial charge < -0.3 is 11.5 Å². The van der Waals surface area contributed by atoms with Gasteiger partial charge in [0.25, 0.3) is 0 Å². The molecule has 0 aliphatic heterocycles. The fourth-order valence-corrected chi connectivity index (χ4v) is 1.28. The number of halogens is 1. The number of benzene rings is 1. The Kier molecular flexibility index (Phi) is 3.34. The van der Waals surface area contributed by atoms with Crippen LogP contribution < -0.4 is 11.5 Å². The van der Waals surface area contributed by atoms with Crippen molar-refractivity contribution in [3.05, 3.63) is 41.4 Å². The molecule has 0 aliphatic rings. The first-order valence-corrected chi connectivity index (χ1v) is 4.44. The van der Waals surface area contributed by atoms with Crippen LogP contribution in [0.3, 0.4) is 0 Å². The summed E-state index contributed by atoms with van der Waals surface area (Å²) in [5.41, 5.74) is 13.0. The number of anilines is 1. The molecule has 0 amide bonds. The van der Waals surface area contributed by atoms with Crippen LogP contribution in [0.15, 0.2) is 30.9 Å². The van der Waals surface area contributed by atoms with E-state index < -0.39 is 0 Å². The van der Waals surface area contributed by atoms with Crippen LogP contribution in [-0.4, -0.2) is 0 Å². The lowest BCUT2D eigenvalue weighted by Crippen LogP contribution is -2.08. The molecule has 0 aromatic heterocycles. The Morgan fingerprint density at radius 1 is 1.54 bits per heavy atom. The Morgan fingerprint density at radius 3 is 2.77 bits per heavy atom. The molecule has 1 aromatic carbocycles. The zero-order valence-corrected chi connectivity index (χ0v) is 8.09. The third-order valence-electron chi connectivity index (χ3n) is 1.87. The Balaban J connectivity index is 2.89. The zero-order chi connectivity index (χ0) is 9.84. The van der Waals surface area contributed by atoms with Gasteiger partial charge in [-0.25, -0.2) is 0 Å².